The number of nitrogens with zero attached hydrogens (tertiary/aromatic N) is 1. The van der Waals surface area contributed by atoms with Crippen molar-refractivity contribution in [3.8, 4) is 6.07 Å². The SMILES string of the molecule is Cc1cc(Br)ccc1NC(=O)CNc1c(Cl)cccc1C#N. The Morgan fingerprint density at radius 3 is 2.82 bits per heavy atom. The lowest BCUT2D eigenvalue weighted by atomic mass is 10.2. The van der Waals surface area contributed by atoms with Gasteiger partial charge in [0.05, 0.1) is 22.8 Å². The molecule has 4 nitrogen and oxygen atoms in total. The summed E-state index contributed by atoms with van der Waals surface area (Å²) in [6.07, 6.45) is 0. The zero-order valence-corrected chi connectivity index (χ0v) is 14.1. The quantitative estimate of drug-likeness (QED) is 0.832. The van der Waals surface area contributed by atoms with E-state index in [1.54, 1.807) is 18.2 Å². The van der Waals surface area contributed by atoms with E-state index in [0.717, 1.165) is 15.7 Å². The van der Waals surface area contributed by atoms with Crippen LogP contribution in [0.1, 0.15) is 11.1 Å². The van der Waals surface area contributed by atoms with Crippen LogP contribution in [0.5, 0.6) is 0 Å². The van der Waals surface area contributed by atoms with Gasteiger partial charge in [0.25, 0.3) is 0 Å². The van der Waals surface area contributed by atoms with Gasteiger partial charge in [-0.15, -0.1) is 0 Å². The van der Waals surface area contributed by atoms with Crippen molar-refractivity contribution < 1.29 is 4.79 Å². The van der Waals surface area contributed by atoms with Crippen molar-refractivity contribution in [2.75, 3.05) is 17.2 Å². The van der Waals surface area contributed by atoms with Gasteiger partial charge in [0.15, 0.2) is 0 Å². The summed E-state index contributed by atoms with van der Waals surface area (Å²) in [4.78, 5) is 12.0. The van der Waals surface area contributed by atoms with Gasteiger partial charge in [0.1, 0.15) is 6.07 Å². The number of nitriles is 1. The van der Waals surface area contributed by atoms with E-state index in [-0.39, 0.29) is 12.5 Å². The molecule has 0 saturated carbocycles. The first kappa shape index (κ1) is 16.3. The fourth-order valence-corrected chi connectivity index (χ4v) is 2.64. The molecule has 0 radical (unpaired) electrons. The van der Waals surface area contributed by atoms with Gasteiger partial charge < -0.3 is 10.6 Å². The lowest BCUT2D eigenvalue weighted by Crippen LogP contribution is -2.22. The third-order valence-corrected chi connectivity index (χ3v) is 3.83. The standard InChI is InChI=1S/C16H13BrClN3O/c1-10-7-12(17)5-6-14(10)21-15(22)9-20-16-11(8-19)3-2-4-13(16)18/h2-7,20H,9H2,1H3,(H,21,22). The molecule has 0 heterocycles. The molecule has 0 saturated heterocycles. The fourth-order valence-electron chi connectivity index (χ4n) is 1.93. The number of carbonyl (C=O) groups is 1. The smallest absolute Gasteiger partial charge is 0.243 e. The minimum absolute atomic E-state index is 0.0217. The van der Waals surface area contributed by atoms with E-state index < -0.39 is 0 Å². The number of hydrogen-bond donors (Lipinski definition) is 2. The molecule has 0 aliphatic carbocycles. The van der Waals surface area contributed by atoms with Crippen LogP contribution in [0, 0.1) is 18.3 Å². The van der Waals surface area contributed by atoms with Crippen molar-refractivity contribution in [2.24, 2.45) is 0 Å². The number of rotatable bonds is 4. The molecule has 0 aromatic heterocycles. The Hall–Kier alpha value is -2.03. The average molecular weight is 379 g/mol. The molecular weight excluding hydrogens is 366 g/mol. The normalized spacial score (nSPS) is 9.91. The van der Waals surface area contributed by atoms with Gasteiger partial charge in [-0.2, -0.15) is 5.26 Å². The number of nitrogens with one attached hydrogen (secondary N) is 2. The zero-order valence-electron chi connectivity index (χ0n) is 11.8. The Labute approximate surface area is 142 Å². The summed E-state index contributed by atoms with van der Waals surface area (Å²) < 4.78 is 0.954. The first-order chi connectivity index (χ1) is 10.5. The molecule has 0 spiro atoms. The monoisotopic (exact) mass is 377 g/mol. The van der Waals surface area contributed by atoms with Crippen LogP contribution in [-0.2, 0) is 4.79 Å². The molecule has 2 rings (SSSR count). The number of para-hydroxylation sites is 1. The van der Waals surface area contributed by atoms with Crippen LogP contribution in [-0.4, -0.2) is 12.5 Å². The highest BCUT2D eigenvalue weighted by Gasteiger charge is 2.09. The summed E-state index contributed by atoms with van der Waals surface area (Å²) in [7, 11) is 0. The predicted octanol–water partition coefficient (Wildman–Crippen LogP) is 4.33. The number of hydrogen-bond acceptors (Lipinski definition) is 3. The molecule has 0 atom stereocenters. The summed E-state index contributed by atoms with van der Waals surface area (Å²) in [5.41, 5.74) is 2.57. The second-order valence-electron chi connectivity index (χ2n) is 4.64. The summed E-state index contributed by atoms with van der Waals surface area (Å²) in [6.45, 7) is 1.93. The Kier molecular flexibility index (Phi) is 5.42. The minimum atomic E-state index is -0.214. The van der Waals surface area contributed by atoms with Crippen LogP contribution in [0.3, 0.4) is 0 Å². The van der Waals surface area contributed by atoms with Crippen LogP contribution < -0.4 is 10.6 Å². The van der Waals surface area contributed by atoms with Gasteiger partial charge in [-0.1, -0.05) is 33.6 Å². The van der Waals surface area contributed by atoms with Crippen molar-refractivity contribution >= 4 is 44.8 Å². The predicted molar refractivity (Wildman–Crippen MR) is 92.2 cm³/mol. The number of halogens is 2. The molecule has 0 aliphatic rings. The average Bonchev–Trinajstić information content (AvgIpc) is 2.48. The van der Waals surface area contributed by atoms with Crippen LogP contribution in [0.2, 0.25) is 5.02 Å². The van der Waals surface area contributed by atoms with Gasteiger partial charge in [0, 0.05) is 10.2 Å². The Morgan fingerprint density at radius 1 is 1.36 bits per heavy atom. The molecule has 22 heavy (non-hydrogen) atoms. The van der Waals surface area contributed by atoms with E-state index in [1.165, 1.54) is 0 Å². The van der Waals surface area contributed by atoms with Gasteiger partial charge in [-0.3, -0.25) is 4.79 Å². The number of benzene rings is 2. The van der Waals surface area contributed by atoms with Crippen molar-refractivity contribution in [2.45, 2.75) is 6.92 Å². The molecule has 0 fully saturated rings. The number of anilines is 2. The van der Waals surface area contributed by atoms with Gasteiger partial charge in [-0.05, 0) is 42.8 Å². The summed E-state index contributed by atoms with van der Waals surface area (Å²) in [5.74, 6) is -0.214. The zero-order chi connectivity index (χ0) is 16.1. The highest BCUT2D eigenvalue weighted by Crippen LogP contribution is 2.25. The van der Waals surface area contributed by atoms with Crippen molar-refractivity contribution in [3.05, 3.63) is 57.0 Å². The maximum absolute atomic E-state index is 12.0. The molecule has 2 aromatic carbocycles. The van der Waals surface area contributed by atoms with E-state index in [2.05, 4.69) is 26.6 Å². The minimum Gasteiger partial charge on any atom is -0.374 e. The van der Waals surface area contributed by atoms with Crippen molar-refractivity contribution in [1.29, 1.82) is 5.26 Å². The maximum atomic E-state index is 12.0. The molecule has 0 bridgehead atoms. The molecule has 2 aromatic rings. The molecule has 6 heteroatoms. The Balaban J connectivity index is 2.04. The van der Waals surface area contributed by atoms with Gasteiger partial charge >= 0.3 is 0 Å². The van der Waals surface area contributed by atoms with Crippen molar-refractivity contribution in [3.63, 3.8) is 0 Å². The highest BCUT2D eigenvalue weighted by molar-refractivity contribution is 9.10. The second-order valence-corrected chi connectivity index (χ2v) is 5.96. The molecule has 0 aliphatic heterocycles. The molecule has 112 valence electrons. The lowest BCUT2D eigenvalue weighted by molar-refractivity contribution is -0.114. The van der Waals surface area contributed by atoms with E-state index >= 15 is 0 Å². The van der Waals surface area contributed by atoms with Crippen molar-refractivity contribution in [1.82, 2.24) is 0 Å². The van der Waals surface area contributed by atoms with E-state index in [4.69, 9.17) is 16.9 Å². The van der Waals surface area contributed by atoms with E-state index in [0.29, 0.717) is 16.3 Å². The van der Waals surface area contributed by atoms with Crippen LogP contribution in [0.4, 0.5) is 11.4 Å². The number of aryl methyl sites for hydroxylation is 1. The molecular formula is C16H13BrClN3O. The van der Waals surface area contributed by atoms with Gasteiger partial charge in [0.2, 0.25) is 5.91 Å². The molecule has 0 unspecified atom stereocenters. The molecule has 2 N–H and O–H groups in total. The summed E-state index contributed by atoms with van der Waals surface area (Å²) >= 11 is 9.42. The third-order valence-electron chi connectivity index (χ3n) is 3.02. The lowest BCUT2D eigenvalue weighted by Gasteiger charge is -2.12. The third kappa shape index (κ3) is 4.00. The van der Waals surface area contributed by atoms with E-state index in [9.17, 15) is 4.79 Å². The number of carbonyl (C=O) groups excluding carboxylic acids is 1. The highest BCUT2D eigenvalue weighted by atomic mass is 79.9. The first-order valence-electron chi connectivity index (χ1n) is 6.49. The van der Waals surface area contributed by atoms with Crippen LogP contribution in [0.25, 0.3) is 0 Å². The van der Waals surface area contributed by atoms with Crippen LogP contribution in [0.15, 0.2) is 40.9 Å². The molecule has 1 amide bonds. The summed E-state index contributed by atoms with van der Waals surface area (Å²) in [6, 6.07) is 12.7. The largest absolute Gasteiger partial charge is 0.374 e. The Morgan fingerprint density at radius 2 is 2.14 bits per heavy atom. The first-order valence-corrected chi connectivity index (χ1v) is 7.67. The Bertz CT molecular complexity index is 756. The van der Waals surface area contributed by atoms with Crippen LogP contribution >= 0.6 is 27.5 Å². The maximum Gasteiger partial charge on any atom is 0.243 e. The number of amides is 1. The van der Waals surface area contributed by atoms with Gasteiger partial charge in [-0.25, -0.2) is 0 Å². The fraction of sp³-hybridized carbons (Fsp3) is 0.125. The second kappa shape index (κ2) is 7.30. The topological polar surface area (TPSA) is 64.9 Å². The van der Waals surface area contributed by atoms with E-state index in [1.807, 2.05) is 31.2 Å². The summed E-state index contributed by atoms with van der Waals surface area (Å²) in [5, 5.41) is 15.2.